The minimum Gasteiger partial charge on any atom is -0.497 e. The molecule has 2 rings (SSSR count). The van der Waals surface area contributed by atoms with Gasteiger partial charge in [0.25, 0.3) is 0 Å². The van der Waals surface area contributed by atoms with Crippen molar-refractivity contribution < 1.29 is 31.1 Å². The largest absolute Gasteiger partial charge is 0.497 e. The molecule has 0 saturated heterocycles. The molecule has 0 heterocycles. The van der Waals surface area contributed by atoms with Crippen molar-refractivity contribution in [2.75, 3.05) is 29.5 Å². The summed E-state index contributed by atoms with van der Waals surface area (Å²) in [7, 11) is -2.41. The number of methoxy groups -OCH3 is 1. The van der Waals surface area contributed by atoms with E-state index in [0.717, 1.165) is 22.7 Å². The molecule has 0 aliphatic carbocycles. The molecule has 0 spiro atoms. The lowest BCUT2D eigenvalue weighted by molar-refractivity contribution is -0.137. The highest BCUT2D eigenvalue weighted by Gasteiger charge is 2.33. The second kappa shape index (κ2) is 7.87. The number of ether oxygens (including phenoxy) is 1. The highest BCUT2D eigenvalue weighted by molar-refractivity contribution is 7.92. The summed E-state index contributed by atoms with van der Waals surface area (Å²) in [5, 5.41) is 2.12. The number of carbonyl (C=O) groups is 1. The fraction of sp³-hybridized carbons (Fsp3) is 0.235. The van der Waals surface area contributed by atoms with Gasteiger partial charge in [-0.2, -0.15) is 13.2 Å². The smallest absolute Gasteiger partial charge is 0.418 e. The van der Waals surface area contributed by atoms with Crippen LogP contribution in [0.25, 0.3) is 0 Å². The van der Waals surface area contributed by atoms with Gasteiger partial charge in [-0.1, -0.05) is 12.1 Å². The number of nitrogens with zero attached hydrogens (tertiary/aromatic N) is 1. The zero-order valence-electron chi connectivity index (χ0n) is 14.4. The van der Waals surface area contributed by atoms with Crippen LogP contribution in [0.15, 0.2) is 48.5 Å². The number of benzene rings is 2. The van der Waals surface area contributed by atoms with Crippen molar-refractivity contribution in [1.82, 2.24) is 0 Å². The Morgan fingerprint density at radius 1 is 1.11 bits per heavy atom. The highest BCUT2D eigenvalue weighted by Crippen LogP contribution is 2.34. The molecule has 0 aliphatic heterocycles. The Kier molecular flexibility index (Phi) is 5.99. The molecular formula is C17H17F3N2O4S. The Morgan fingerprint density at radius 3 is 2.22 bits per heavy atom. The van der Waals surface area contributed by atoms with Crippen LogP contribution in [-0.4, -0.2) is 34.2 Å². The van der Waals surface area contributed by atoms with Crippen LogP contribution in [0.5, 0.6) is 5.75 Å². The van der Waals surface area contributed by atoms with E-state index in [9.17, 15) is 26.4 Å². The number of rotatable bonds is 6. The average molecular weight is 402 g/mol. The molecule has 0 aromatic heterocycles. The molecule has 2 aromatic rings. The standard InChI is InChI=1S/C17H17F3N2O4S/c1-26-13-9-7-12(8-10-13)22(27(2,24)25)11-16(23)21-15-6-4-3-5-14(15)17(18,19)20/h3-10H,11H2,1-2H3,(H,21,23). The van der Waals surface area contributed by atoms with E-state index in [1.165, 1.54) is 43.5 Å². The second-order valence-electron chi connectivity index (χ2n) is 5.56. The van der Waals surface area contributed by atoms with Crippen LogP contribution < -0.4 is 14.4 Å². The summed E-state index contributed by atoms with van der Waals surface area (Å²) in [5.41, 5.74) is -1.29. The maximum atomic E-state index is 13.0. The van der Waals surface area contributed by atoms with Gasteiger partial charge in [-0.3, -0.25) is 9.10 Å². The zero-order chi connectivity index (χ0) is 20.2. The first-order valence-corrected chi connectivity index (χ1v) is 9.45. The van der Waals surface area contributed by atoms with Crippen LogP contribution in [0.4, 0.5) is 24.5 Å². The monoisotopic (exact) mass is 402 g/mol. The van der Waals surface area contributed by atoms with Gasteiger partial charge in [0.15, 0.2) is 0 Å². The number of alkyl halides is 3. The molecule has 0 unspecified atom stereocenters. The number of amides is 1. The van der Waals surface area contributed by atoms with Gasteiger partial charge in [-0.05, 0) is 36.4 Å². The quantitative estimate of drug-likeness (QED) is 0.806. The normalized spacial score (nSPS) is 11.7. The molecule has 0 radical (unpaired) electrons. The maximum absolute atomic E-state index is 13.0. The summed E-state index contributed by atoms with van der Waals surface area (Å²) in [6.45, 7) is -0.683. The fourth-order valence-corrected chi connectivity index (χ4v) is 3.16. The van der Waals surface area contributed by atoms with Crippen molar-refractivity contribution in [2.45, 2.75) is 6.18 Å². The van der Waals surface area contributed by atoms with Crippen molar-refractivity contribution in [1.29, 1.82) is 0 Å². The summed E-state index contributed by atoms with van der Waals surface area (Å²) < 4.78 is 68.9. The second-order valence-corrected chi connectivity index (χ2v) is 7.47. The number of hydrogen-bond acceptors (Lipinski definition) is 4. The van der Waals surface area contributed by atoms with Crippen LogP contribution in [-0.2, 0) is 21.0 Å². The number of carbonyl (C=O) groups excluding carboxylic acids is 1. The number of anilines is 2. The molecule has 146 valence electrons. The zero-order valence-corrected chi connectivity index (χ0v) is 15.3. The van der Waals surface area contributed by atoms with Crippen LogP contribution >= 0.6 is 0 Å². The SMILES string of the molecule is COc1ccc(N(CC(=O)Nc2ccccc2C(F)(F)F)S(C)(=O)=O)cc1. The van der Waals surface area contributed by atoms with Gasteiger partial charge in [0.2, 0.25) is 15.9 Å². The first-order valence-electron chi connectivity index (χ1n) is 7.60. The molecule has 0 saturated carbocycles. The van der Waals surface area contributed by atoms with Gasteiger partial charge in [-0.25, -0.2) is 8.42 Å². The Labute approximate surface area is 154 Å². The van der Waals surface area contributed by atoms with Crippen molar-refractivity contribution in [3.05, 3.63) is 54.1 Å². The van der Waals surface area contributed by atoms with Crippen LogP contribution in [0.3, 0.4) is 0 Å². The van der Waals surface area contributed by atoms with E-state index >= 15 is 0 Å². The van der Waals surface area contributed by atoms with E-state index in [0.29, 0.717) is 5.75 Å². The molecule has 1 N–H and O–H groups in total. The lowest BCUT2D eigenvalue weighted by Crippen LogP contribution is -2.37. The molecule has 0 bridgehead atoms. The lowest BCUT2D eigenvalue weighted by Gasteiger charge is -2.22. The maximum Gasteiger partial charge on any atom is 0.418 e. The molecule has 0 atom stereocenters. The van der Waals surface area contributed by atoms with E-state index in [2.05, 4.69) is 5.32 Å². The summed E-state index contributed by atoms with van der Waals surface area (Å²) in [5.74, 6) is -0.427. The number of hydrogen-bond donors (Lipinski definition) is 1. The van der Waals surface area contributed by atoms with Gasteiger partial charge in [0.1, 0.15) is 12.3 Å². The number of nitrogens with one attached hydrogen (secondary N) is 1. The first-order chi connectivity index (χ1) is 12.5. The van der Waals surface area contributed by atoms with Gasteiger partial charge in [0, 0.05) is 0 Å². The molecule has 2 aromatic carbocycles. The van der Waals surface area contributed by atoms with Crippen LogP contribution in [0.2, 0.25) is 0 Å². The van der Waals surface area contributed by atoms with Crippen molar-refractivity contribution in [2.24, 2.45) is 0 Å². The number of para-hydroxylation sites is 1. The molecular weight excluding hydrogens is 385 g/mol. The predicted molar refractivity (Wildman–Crippen MR) is 95.3 cm³/mol. The Hall–Kier alpha value is -2.75. The molecule has 0 aliphatic rings. The summed E-state index contributed by atoms with van der Waals surface area (Å²) in [6, 6.07) is 10.3. The van der Waals surface area contributed by atoms with E-state index in [1.807, 2.05) is 0 Å². The molecule has 10 heteroatoms. The lowest BCUT2D eigenvalue weighted by atomic mass is 10.1. The third-order valence-corrected chi connectivity index (χ3v) is 4.70. The van der Waals surface area contributed by atoms with Gasteiger partial charge in [0.05, 0.1) is 30.3 Å². The Morgan fingerprint density at radius 2 is 1.70 bits per heavy atom. The Bertz CT molecular complexity index is 913. The average Bonchev–Trinajstić information content (AvgIpc) is 2.58. The number of halogens is 3. The minimum atomic E-state index is -4.66. The first kappa shape index (κ1) is 20.6. The molecule has 0 fully saturated rings. The van der Waals surface area contributed by atoms with E-state index in [4.69, 9.17) is 4.74 Å². The molecule has 1 amide bonds. The molecule has 6 nitrogen and oxygen atoms in total. The van der Waals surface area contributed by atoms with Crippen molar-refractivity contribution >= 4 is 27.3 Å². The Balaban J connectivity index is 2.25. The van der Waals surface area contributed by atoms with Crippen molar-refractivity contribution in [3.8, 4) is 5.75 Å². The van der Waals surface area contributed by atoms with Crippen LogP contribution in [0.1, 0.15) is 5.56 Å². The van der Waals surface area contributed by atoms with Gasteiger partial charge < -0.3 is 10.1 Å². The third kappa shape index (κ3) is 5.36. The third-order valence-electron chi connectivity index (χ3n) is 3.55. The summed E-state index contributed by atoms with van der Waals surface area (Å²) in [6.07, 6.45) is -3.76. The van der Waals surface area contributed by atoms with E-state index < -0.39 is 39.9 Å². The molecule has 27 heavy (non-hydrogen) atoms. The summed E-state index contributed by atoms with van der Waals surface area (Å²) in [4.78, 5) is 12.2. The minimum absolute atomic E-state index is 0.178. The predicted octanol–water partition coefficient (Wildman–Crippen LogP) is 3.12. The van der Waals surface area contributed by atoms with E-state index in [-0.39, 0.29) is 5.69 Å². The topological polar surface area (TPSA) is 75.7 Å². The van der Waals surface area contributed by atoms with Crippen LogP contribution in [0, 0.1) is 0 Å². The van der Waals surface area contributed by atoms with E-state index in [1.54, 1.807) is 0 Å². The highest BCUT2D eigenvalue weighted by atomic mass is 32.2. The fourth-order valence-electron chi connectivity index (χ4n) is 2.31. The van der Waals surface area contributed by atoms with Gasteiger partial charge in [-0.15, -0.1) is 0 Å². The number of sulfonamides is 1. The van der Waals surface area contributed by atoms with Crippen molar-refractivity contribution in [3.63, 3.8) is 0 Å². The van der Waals surface area contributed by atoms with Gasteiger partial charge >= 0.3 is 6.18 Å². The summed E-state index contributed by atoms with van der Waals surface area (Å²) >= 11 is 0.